The van der Waals surface area contributed by atoms with Crippen molar-refractivity contribution in [3.8, 4) is 5.75 Å². The quantitative estimate of drug-likeness (QED) is 0.264. The summed E-state index contributed by atoms with van der Waals surface area (Å²) in [5, 5.41) is 18.6. The zero-order chi connectivity index (χ0) is 31.2. The van der Waals surface area contributed by atoms with Crippen LogP contribution >= 0.6 is 15.9 Å². The first kappa shape index (κ1) is 30.6. The lowest BCUT2D eigenvalue weighted by Crippen LogP contribution is -2.57. The Labute approximate surface area is 265 Å². The Morgan fingerprint density at radius 2 is 1.73 bits per heavy atom. The molecule has 9 nitrogen and oxygen atoms in total. The minimum absolute atomic E-state index is 0.0942. The summed E-state index contributed by atoms with van der Waals surface area (Å²) in [6.07, 6.45) is 0.477. The number of amides is 3. The number of fused-ring (bicyclic) bond motifs is 2. The molecule has 232 valence electrons. The van der Waals surface area contributed by atoms with E-state index in [1.54, 1.807) is 24.3 Å². The number of likely N-dealkylation sites (tertiary alicyclic amines) is 1. The number of aliphatic hydroxyl groups is 1. The minimum Gasteiger partial charge on any atom is -0.494 e. The number of rotatable bonds is 10. The van der Waals surface area contributed by atoms with Gasteiger partial charge < -0.3 is 30.1 Å². The van der Waals surface area contributed by atoms with Crippen LogP contribution in [-0.4, -0.2) is 69.6 Å². The van der Waals surface area contributed by atoms with E-state index in [0.717, 1.165) is 10.8 Å². The molecule has 3 aromatic carbocycles. The lowest BCUT2D eigenvalue weighted by Gasteiger charge is -2.38. The van der Waals surface area contributed by atoms with Gasteiger partial charge in [-0.3, -0.25) is 14.4 Å². The van der Waals surface area contributed by atoms with Crippen LogP contribution in [0.25, 0.3) is 10.8 Å². The van der Waals surface area contributed by atoms with Gasteiger partial charge in [0.15, 0.2) is 0 Å². The second-order valence-corrected chi connectivity index (χ2v) is 13.2. The monoisotopic (exact) mass is 663 g/mol. The SMILES string of the molecule is CCOc1ccc(NC(=O)[C@H]2[C@@H]3OC4(CC3Br)C(C(=O)Nc3ccc5ccccc5c3)N([C@@H](CO)[C@@H](C)CC)C(=O)[C@H]24)cc1. The smallest absolute Gasteiger partial charge is 0.250 e. The van der Waals surface area contributed by atoms with Crippen LogP contribution in [-0.2, 0) is 19.1 Å². The lowest BCUT2D eigenvalue weighted by molar-refractivity contribution is -0.144. The molecule has 0 radical (unpaired) electrons. The molecule has 2 bridgehead atoms. The predicted molar refractivity (Wildman–Crippen MR) is 172 cm³/mol. The maximum atomic E-state index is 14.5. The predicted octanol–water partition coefficient (Wildman–Crippen LogP) is 4.97. The van der Waals surface area contributed by atoms with Crippen LogP contribution in [0.1, 0.15) is 33.6 Å². The van der Waals surface area contributed by atoms with Crippen molar-refractivity contribution in [2.24, 2.45) is 17.8 Å². The number of carbonyl (C=O) groups is 3. The molecule has 3 saturated heterocycles. The molecule has 3 heterocycles. The molecule has 6 rings (SSSR count). The Hall–Kier alpha value is -3.47. The van der Waals surface area contributed by atoms with E-state index in [0.29, 0.717) is 36.6 Å². The highest BCUT2D eigenvalue weighted by atomic mass is 79.9. The van der Waals surface area contributed by atoms with Gasteiger partial charge in [-0.1, -0.05) is 66.5 Å². The van der Waals surface area contributed by atoms with Crippen LogP contribution in [0.3, 0.4) is 0 Å². The standard InChI is InChI=1S/C34H38BrN3O6/c1-4-19(3)26(18-39)38-30(32(41)37-23-11-10-20-8-6-7-9-21(20)16-23)34-17-25(35)29(44-34)27(28(34)33(38)42)31(40)36-22-12-14-24(15-13-22)43-5-2/h6-16,19,25-30,39H,4-5,17-18H2,1-3H3,(H,36,40)(H,37,41)/t19-,25?,26-,27+,28-,29+,30?,34?/m0/s1. The summed E-state index contributed by atoms with van der Waals surface area (Å²) >= 11 is 3.72. The van der Waals surface area contributed by atoms with Gasteiger partial charge in [0.1, 0.15) is 17.4 Å². The molecular weight excluding hydrogens is 626 g/mol. The van der Waals surface area contributed by atoms with Crippen LogP contribution in [0, 0.1) is 17.8 Å². The molecule has 0 saturated carbocycles. The van der Waals surface area contributed by atoms with E-state index in [2.05, 4.69) is 26.6 Å². The fourth-order valence-corrected chi connectivity index (χ4v) is 8.29. The Morgan fingerprint density at radius 1 is 1.05 bits per heavy atom. The van der Waals surface area contributed by atoms with Crippen molar-refractivity contribution in [2.75, 3.05) is 23.8 Å². The van der Waals surface area contributed by atoms with Gasteiger partial charge in [0.05, 0.1) is 37.2 Å². The van der Waals surface area contributed by atoms with Crippen molar-refractivity contribution in [3.05, 3.63) is 66.7 Å². The number of hydrogen-bond acceptors (Lipinski definition) is 6. The number of ether oxygens (including phenoxy) is 2. The Bertz CT molecular complexity index is 1570. The molecule has 3 unspecified atom stereocenters. The second-order valence-electron chi connectivity index (χ2n) is 12.0. The van der Waals surface area contributed by atoms with Gasteiger partial charge in [0.2, 0.25) is 17.7 Å². The zero-order valence-electron chi connectivity index (χ0n) is 25.0. The summed E-state index contributed by atoms with van der Waals surface area (Å²) in [4.78, 5) is 44.0. The van der Waals surface area contributed by atoms with Crippen LogP contribution in [0.5, 0.6) is 5.75 Å². The number of nitrogens with one attached hydrogen (secondary N) is 2. The van der Waals surface area contributed by atoms with E-state index in [4.69, 9.17) is 9.47 Å². The number of nitrogens with zero attached hydrogens (tertiary/aromatic N) is 1. The number of alkyl halides is 1. The van der Waals surface area contributed by atoms with Crippen LogP contribution in [0.4, 0.5) is 11.4 Å². The van der Waals surface area contributed by atoms with E-state index in [1.165, 1.54) is 4.90 Å². The average Bonchev–Trinajstić information content (AvgIpc) is 3.62. The molecule has 3 amide bonds. The van der Waals surface area contributed by atoms with Crippen LogP contribution < -0.4 is 15.4 Å². The first-order valence-corrected chi connectivity index (χ1v) is 16.2. The number of benzene rings is 3. The molecule has 3 fully saturated rings. The second kappa shape index (κ2) is 12.1. The Morgan fingerprint density at radius 3 is 2.41 bits per heavy atom. The topological polar surface area (TPSA) is 117 Å². The average molecular weight is 665 g/mol. The molecule has 3 aliphatic rings. The number of halogens is 1. The Balaban J connectivity index is 1.35. The summed E-state index contributed by atoms with van der Waals surface area (Å²) in [6, 6.07) is 18.9. The first-order chi connectivity index (χ1) is 21.2. The molecule has 1 spiro atoms. The van der Waals surface area contributed by atoms with Gasteiger partial charge >= 0.3 is 0 Å². The maximum absolute atomic E-state index is 14.5. The lowest BCUT2D eigenvalue weighted by atomic mass is 9.70. The van der Waals surface area contributed by atoms with E-state index >= 15 is 0 Å². The third-order valence-electron chi connectivity index (χ3n) is 9.57. The highest BCUT2D eigenvalue weighted by Gasteiger charge is 2.77. The molecule has 3 aromatic rings. The largest absolute Gasteiger partial charge is 0.494 e. The van der Waals surface area contributed by atoms with Crippen LogP contribution in [0.2, 0.25) is 0 Å². The highest BCUT2D eigenvalue weighted by Crippen LogP contribution is 2.60. The fraction of sp³-hybridized carbons (Fsp3) is 0.441. The van der Waals surface area contributed by atoms with Gasteiger partial charge in [-0.05, 0) is 66.4 Å². The first-order valence-electron chi connectivity index (χ1n) is 15.3. The summed E-state index contributed by atoms with van der Waals surface area (Å²) < 4.78 is 12.2. The molecule has 8 atom stereocenters. The molecule has 3 aliphatic heterocycles. The maximum Gasteiger partial charge on any atom is 0.250 e. The molecule has 0 aromatic heterocycles. The minimum atomic E-state index is -1.24. The van der Waals surface area contributed by atoms with Crippen LogP contribution in [0.15, 0.2) is 66.7 Å². The molecule has 3 N–H and O–H groups in total. The van der Waals surface area contributed by atoms with Crippen molar-refractivity contribution < 1.29 is 29.0 Å². The summed E-state index contributed by atoms with van der Waals surface area (Å²) in [7, 11) is 0. The normalized spacial score (nSPS) is 28.5. The van der Waals surface area contributed by atoms with Crippen molar-refractivity contribution >= 4 is 55.8 Å². The van der Waals surface area contributed by atoms with Gasteiger partial charge in [-0.15, -0.1) is 0 Å². The zero-order valence-corrected chi connectivity index (χ0v) is 26.6. The molecular formula is C34H38BrN3O6. The van der Waals surface area contributed by atoms with Crippen molar-refractivity contribution in [1.82, 2.24) is 4.90 Å². The van der Waals surface area contributed by atoms with Gasteiger partial charge in [-0.2, -0.15) is 0 Å². The molecule has 10 heteroatoms. The van der Waals surface area contributed by atoms with E-state index in [1.807, 2.05) is 63.2 Å². The van der Waals surface area contributed by atoms with Gasteiger partial charge in [-0.25, -0.2) is 0 Å². The van der Waals surface area contributed by atoms with E-state index in [-0.39, 0.29) is 29.2 Å². The highest BCUT2D eigenvalue weighted by molar-refractivity contribution is 9.09. The van der Waals surface area contributed by atoms with Crippen molar-refractivity contribution in [1.29, 1.82) is 0 Å². The van der Waals surface area contributed by atoms with E-state index < -0.39 is 41.5 Å². The number of hydrogen-bond donors (Lipinski definition) is 3. The van der Waals surface area contributed by atoms with Crippen molar-refractivity contribution in [2.45, 2.75) is 62.2 Å². The number of anilines is 2. The summed E-state index contributed by atoms with van der Waals surface area (Å²) in [6.45, 7) is 6.06. The third-order valence-corrected chi connectivity index (χ3v) is 10.4. The summed E-state index contributed by atoms with van der Waals surface area (Å²) in [5.74, 6) is -2.19. The number of carbonyl (C=O) groups excluding carboxylic acids is 3. The van der Waals surface area contributed by atoms with Gasteiger partial charge in [0.25, 0.3) is 0 Å². The van der Waals surface area contributed by atoms with E-state index in [9.17, 15) is 19.5 Å². The van der Waals surface area contributed by atoms with Crippen molar-refractivity contribution in [3.63, 3.8) is 0 Å². The fourth-order valence-electron chi connectivity index (χ4n) is 7.34. The summed E-state index contributed by atoms with van der Waals surface area (Å²) in [5.41, 5.74) is -0.0710. The number of aliphatic hydroxyl groups excluding tert-OH is 1. The molecule has 44 heavy (non-hydrogen) atoms. The third kappa shape index (κ3) is 5.06. The van der Waals surface area contributed by atoms with Gasteiger partial charge in [0, 0.05) is 16.2 Å². The Kier molecular flexibility index (Phi) is 8.43. The molecule has 0 aliphatic carbocycles.